The Bertz CT molecular complexity index is 234. The molecule has 0 bridgehead atoms. The van der Waals surface area contributed by atoms with Gasteiger partial charge in [-0.15, -0.1) is 0 Å². The third-order valence-electron chi connectivity index (χ3n) is 2.75. The molecule has 14 heavy (non-hydrogen) atoms. The molecule has 0 rings (SSSR count). The summed E-state index contributed by atoms with van der Waals surface area (Å²) in [6.07, 6.45) is 0. The van der Waals surface area contributed by atoms with E-state index in [9.17, 15) is 0 Å². The molecule has 0 spiro atoms. The molecule has 0 heterocycles. The standard InChI is InChI=1S/C13H25N/c1-9(2)12(7)13(10(3)4)14(8)11(5)6/h9-10H,5H2,1-4,6-8H3/b13-12+. The van der Waals surface area contributed by atoms with Crippen LogP contribution in [0.25, 0.3) is 0 Å². The van der Waals surface area contributed by atoms with E-state index in [1.165, 1.54) is 11.3 Å². The molecule has 1 nitrogen and oxygen atoms in total. The van der Waals surface area contributed by atoms with E-state index in [1.54, 1.807) is 0 Å². The number of nitrogens with zero attached hydrogens (tertiary/aromatic N) is 1. The Morgan fingerprint density at radius 2 is 1.43 bits per heavy atom. The predicted molar refractivity (Wildman–Crippen MR) is 65.0 cm³/mol. The highest BCUT2D eigenvalue weighted by Crippen LogP contribution is 2.25. The monoisotopic (exact) mass is 195 g/mol. The Kier molecular flexibility index (Phi) is 4.96. The van der Waals surface area contributed by atoms with Gasteiger partial charge in [0.15, 0.2) is 0 Å². The third kappa shape index (κ3) is 3.21. The van der Waals surface area contributed by atoms with Crippen LogP contribution >= 0.6 is 0 Å². The number of allylic oxidation sites excluding steroid dienone is 3. The van der Waals surface area contributed by atoms with Gasteiger partial charge in [0, 0.05) is 18.4 Å². The Morgan fingerprint density at radius 1 is 1.00 bits per heavy atom. The SMILES string of the molecule is C=C(C)N(C)/C(=C(\C)C(C)C)C(C)C. The van der Waals surface area contributed by atoms with Gasteiger partial charge < -0.3 is 4.90 Å². The van der Waals surface area contributed by atoms with Crippen LogP contribution in [0.3, 0.4) is 0 Å². The topological polar surface area (TPSA) is 3.24 Å². The average Bonchev–Trinajstić information content (AvgIpc) is 2.03. The molecule has 0 saturated heterocycles. The van der Waals surface area contributed by atoms with Gasteiger partial charge in [-0.1, -0.05) is 39.8 Å². The molecule has 0 N–H and O–H groups in total. The maximum Gasteiger partial charge on any atom is 0.0190 e. The van der Waals surface area contributed by atoms with E-state index in [4.69, 9.17) is 0 Å². The summed E-state index contributed by atoms with van der Waals surface area (Å²) in [4.78, 5) is 2.21. The van der Waals surface area contributed by atoms with Crippen LogP contribution in [0.4, 0.5) is 0 Å². The number of rotatable bonds is 4. The van der Waals surface area contributed by atoms with Gasteiger partial charge in [0.1, 0.15) is 0 Å². The maximum absolute atomic E-state index is 3.99. The van der Waals surface area contributed by atoms with Crippen LogP contribution in [0, 0.1) is 11.8 Å². The molecule has 0 aliphatic carbocycles. The molecule has 0 atom stereocenters. The second kappa shape index (κ2) is 5.23. The summed E-state index contributed by atoms with van der Waals surface area (Å²) < 4.78 is 0. The van der Waals surface area contributed by atoms with E-state index < -0.39 is 0 Å². The molecular formula is C13H25N. The van der Waals surface area contributed by atoms with Crippen LogP contribution in [-0.4, -0.2) is 11.9 Å². The molecule has 0 aromatic carbocycles. The largest absolute Gasteiger partial charge is 0.352 e. The van der Waals surface area contributed by atoms with Crippen molar-refractivity contribution in [2.24, 2.45) is 11.8 Å². The fourth-order valence-corrected chi connectivity index (χ4v) is 1.61. The van der Waals surface area contributed by atoms with Gasteiger partial charge >= 0.3 is 0 Å². The van der Waals surface area contributed by atoms with Crippen molar-refractivity contribution >= 4 is 0 Å². The van der Waals surface area contributed by atoms with Crippen molar-refractivity contribution in [3.63, 3.8) is 0 Å². The molecule has 0 aliphatic heterocycles. The summed E-state index contributed by atoms with van der Waals surface area (Å²) in [5.74, 6) is 1.16. The Labute approximate surface area is 89.5 Å². The van der Waals surface area contributed by atoms with E-state index in [0.29, 0.717) is 11.8 Å². The molecule has 0 amide bonds. The third-order valence-corrected chi connectivity index (χ3v) is 2.75. The van der Waals surface area contributed by atoms with Gasteiger partial charge in [-0.2, -0.15) is 0 Å². The average molecular weight is 195 g/mol. The first-order valence-corrected chi connectivity index (χ1v) is 5.38. The minimum absolute atomic E-state index is 0.555. The minimum atomic E-state index is 0.555. The molecule has 0 fully saturated rings. The first kappa shape index (κ1) is 13.3. The molecule has 0 unspecified atom stereocenters. The van der Waals surface area contributed by atoms with Crippen LogP contribution in [0.5, 0.6) is 0 Å². The number of hydrogen-bond acceptors (Lipinski definition) is 1. The highest BCUT2D eigenvalue weighted by Gasteiger charge is 2.14. The van der Waals surface area contributed by atoms with Crippen LogP contribution in [0.15, 0.2) is 23.5 Å². The van der Waals surface area contributed by atoms with Crippen molar-refractivity contribution in [2.45, 2.75) is 41.5 Å². The second-order valence-corrected chi connectivity index (χ2v) is 4.67. The van der Waals surface area contributed by atoms with Crippen molar-refractivity contribution in [1.29, 1.82) is 0 Å². The highest BCUT2D eigenvalue weighted by atomic mass is 15.1. The summed E-state index contributed by atoms with van der Waals surface area (Å²) in [5.41, 5.74) is 3.98. The molecule has 0 aromatic heterocycles. The maximum atomic E-state index is 3.99. The summed E-state index contributed by atoms with van der Waals surface area (Å²) in [7, 11) is 2.10. The summed E-state index contributed by atoms with van der Waals surface area (Å²) in [5, 5.41) is 0. The zero-order valence-electron chi connectivity index (χ0n) is 10.8. The zero-order chi connectivity index (χ0) is 11.5. The van der Waals surface area contributed by atoms with E-state index in [-0.39, 0.29) is 0 Å². The lowest BCUT2D eigenvalue weighted by molar-refractivity contribution is 0.439. The Hall–Kier alpha value is -0.720. The molecular weight excluding hydrogens is 170 g/mol. The number of hydrogen-bond donors (Lipinski definition) is 0. The van der Waals surface area contributed by atoms with E-state index in [2.05, 4.69) is 60.1 Å². The predicted octanol–water partition coefficient (Wildman–Crippen LogP) is 4.04. The summed E-state index contributed by atoms with van der Waals surface area (Å²) in [6.45, 7) is 17.2. The van der Waals surface area contributed by atoms with Crippen molar-refractivity contribution in [3.05, 3.63) is 23.5 Å². The van der Waals surface area contributed by atoms with Crippen molar-refractivity contribution < 1.29 is 0 Å². The quantitative estimate of drug-likeness (QED) is 0.654. The molecule has 1 heteroatoms. The minimum Gasteiger partial charge on any atom is -0.352 e. The van der Waals surface area contributed by atoms with Crippen molar-refractivity contribution in [2.75, 3.05) is 7.05 Å². The molecule has 0 aromatic rings. The molecule has 0 aliphatic rings. The Balaban J connectivity index is 5.14. The smallest absolute Gasteiger partial charge is 0.0190 e. The molecule has 82 valence electrons. The lowest BCUT2D eigenvalue weighted by Crippen LogP contribution is -2.21. The van der Waals surface area contributed by atoms with Gasteiger partial charge in [-0.3, -0.25) is 0 Å². The van der Waals surface area contributed by atoms with Crippen LogP contribution < -0.4 is 0 Å². The first-order chi connectivity index (χ1) is 6.29. The van der Waals surface area contributed by atoms with E-state index >= 15 is 0 Å². The van der Waals surface area contributed by atoms with Crippen molar-refractivity contribution in [1.82, 2.24) is 4.90 Å². The highest BCUT2D eigenvalue weighted by molar-refractivity contribution is 5.18. The summed E-state index contributed by atoms with van der Waals surface area (Å²) in [6, 6.07) is 0. The van der Waals surface area contributed by atoms with Crippen LogP contribution in [0.1, 0.15) is 41.5 Å². The van der Waals surface area contributed by atoms with Crippen molar-refractivity contribution in [3.8, 4) is 0 Å². The van der Waals surface area contributed by atoms with Crippen LogP contribution in [-0.2, 0) is 0 Å². The van der Waals surface area contributed by atoms with Gasteiger partial charge in [0.2, 0.25) is 0 Å². The molecule has 0 radical (unpaired) electrons. The second-order valence-electron chi connectivity index (χ2n) is 4.67. The van der Waals surface area contributed by atoms with Crippen LogP contribution in [0.2, 0.25) is 0 Å². The normalized spacial score (nSPS) is 13.2. The lowest BCUT2D eigenvalue weighted by atomic mass is 9.96. The fourth-order valence-electron chi connectivity index (χ4n) is 1.61. The van der Waals surface area contributed by atoms with Gasteiger partial charge in [0.25, 0.3) is 0 Å². The zero-order valence-corrected chi connectivity index (χ0v) is 10.8. The first-order valence-electron chi connectivity index (χ1n) is 5.38. The van der Waals surface area contributed by atoms with Gasteiger partial charge in [-0.25, -0.2) is 0 Å². The summed E-state index contributed by atoms with van der Waals surface area (Å²) >= 11 is 0. The van der Waals surface area contributed by atoms with Gasteiger partial charge in [-0.05, 0) is 25.7 Å². The molecule has 0 saturated carbocycles. The van der Waals surface area contributed by atoms with Gasteiger partial charge in [0.05, 0.1) is 0 Å². The fraction of sp³-hybridized carbons (Fsp3) is 0.692. The Morgan fingerprint density at radius 3 is 1.64 bits per heavy atom. The van der Waals surface area contributed by atoms with E-state index in [1.807, 2.05) is 0 Å². The lowest BCUT2D eigenvalue weighted by Gasteiger charge is -2.29. The van der Waals surface area contributed by atoms with E-state index in [0.717, 1.165) is 5.70 Å².